The Labute approximate surface area is 113 Å². The maximum atomic E-state index is 5.11. The van der Waals surface area contributed by atoms with Gasteiger partial charge in [0.25, 0.3) is 0 Å². The molecule has 1 aromatic heterocycles. The fraction of sp³-hybridized carbons (Fsp3) is 0.333. The minimum Gasteiger partial charge on any atom is -0.383 e. The van der Waals surface area contributed by atoms with Crippen molar-refractivity contribution in [3.05, 3.63) is 46.7 Å². The molecule has 1 N–H and O–H groups in total. The lowest BCUT2D eigenvalue weighted by molar-refractivity contribution is 0.172. The van der Waals surface area contributed by atoms with Gasteiger partial charge in [0, 0.05) is 24.6 Å². The highest BCUT2D eigenvalue weighted by molar-refractivity contribution is 7.10. The Morgan fingerprint density at radius 2 is 2.00 bits per heavy atom. The molecule has 1 unspecified atom stereocenters. The third-order valence-corrected chi connectivity index (χ3v) is 3.74. The van der Waals surface area contributed by atoms with Crippen molar-refractivity contribution in [1.82, 2.24) is 5.32 Å². The number of hydrogen-bond acceptors (Lipinski definition) is 3. The van der Waals surface area contributed by atoms with Crippen molar-refractivity contribution >= 4 is 11.3 Å². The molecule has 0 fully saturated rings. The quantitative estimate of drug-likeness (QED) is 0.858. The first kappa shape index (κ1) is 13.3. The van der Waals surface area contributed by atoms with Crippen molar-refractivity contribution in [1.29, 1.82) is 0 Å². The third-order valence-electron chi connectivity index (χ3n) is 2.80. The van der Waals surface area contributed by atoms with Gasteiger partial charge in [-0.05, 0) is 29.5 Å². The maximum Gasteiger partial charge on any atom is 0.0613 e. The summed E-state index contributed by atoms with van der Waals surface area (Å²) in [5.74, 6) is 0. The second-order valence-electron chi connectivity index (χ2n) is 4.41. The number of rotatable bonds is 6. The summed E-state index contributed by atoms with van der Waals surface area (Å²) in [4.78, 5) is 1.36. The molecule has 2 rings (SSSR count). The molecule has 0 aliphatic heterocycles. The summed E-state index contributed by atoms with van der Waals surface area (Å²) < 4.78 is 5.11. The SMILES string of the molecule is COCC(C)NCc1cc(-c2ccccc2)cs1. The van der Waals surface area contributed by atoms with Crippen LogP contribution in [0, 0.1) is 0 Å². The lowest BCUT2D eigenvalue weighted by atomic mass is 10.1. The summed E-state index contributed by atoms with van der Waals surface area (Å²) in [5, 5.41) is 5.67. The highest BCUT2D eigenvalue weighted by Crippen LogP contribution is 2.25. The van der Waals surface area contributed by atoms with Crippen LogP contribution in [0.25, 0.3) is 11.1 Å². The van der Waals surface area contributed by atoms with E-state index in [9.17, 15) is 0 Å². The van der Waals surface area contributed by atoms with Crippen molar-refractivity contribution in [2.24, 2.45) is 0 Å². The molecule has 0 spiro atoms. The topological polar surface area (TPSA) is 21.3 Å². The van der Waals surface area contributed by atoms with Crippen LogP contribution < -0.4 is 5.32 Å². The summed E-state index contributed by atoms with van der Waals surface area (Å²) in [6.45, 7) is 3.79. The van der Waals surface area contributed by atoms with Crippen LogP contribution in [0.4, 0.5) is 0 Å². The van der Waals surface area contributed by atoms with Gasteiger partial charge in [-0.25, -0.2) is 0 Å². The maximum absolute atomic E-state index is 5.11. The average Bonchev–Trinajstić information content (AvgIpc) is 2.87. The van der Waals surface area contributed by atoms with Crippen LogP contribution in [0.15, 0.2) is 41.8 Å². The van der Waals surface area contributed by atoms with Crippen molar-refractivity contribution in [2.45, 2.75) is 19.5 Å². The average molecular weight is 261 g/mol. The minimum absolute atomic E-state index is 0.386. The van der Waals surface area contributed by atoms with E-state index in [0.29, 0.717) is 6.04 Å². The van der Waals surface area contributed by atoms with Crippen molar-refractivity contribution in [3.8, 4) is 11.1 Å². The monoisotopic (exact) mass is 261 g/mol. The van der Waals surface area contributed by atoms with Gasteiger partial charge < -0.3 is 10.1 Å². The summed E-state index contributed by atoms with van der Waals surface area (Å²) in [6, 6.07) is 13.1. The van der Waals surface area contributed by atoms with Crippen LogP contribution in [0.5, 0.6) is 0 Å². The molecule has 1 atom stereocenters. The van der Waals surface area contributed by atoms with Gasteiger partial charge in [-0.1, -0.05) is 30.3 Å². The highest BCUT2D eigenvalue weighted by Gasteiger charge is 2.04. The Hall–Kier alpha value is -1.16. The molecule has 0 radical (unpaired) electrons. The fourth-order valence-corrected chi connectivity index (χ4v) is 2.68. The lowest BCUT2D eigenvalue weighted by Gasteiger charge is -2.11. The van der Waals surface area contributed by atoms with E-state index >= 15 is 0 Å². The van der Waals surface area contributed by atoms with Gasteiger partial charge in [0.05, 0.1) is 6.61 Å². The first-order chi connectivity index (χ1) is 8.79. The highest BCUT2D eigenvalue weighted by atomic mass is 32.1. The minimum atomic E-state index is 0.386. The zero-order valence-corrected chi connectivity index (χ0v) is 11.7. The zero-order chi connectivity index (χ0) is 12.8. The van der Waals surface area contributed by atoms with Gasteiger partial charge in [-0.15, -0.1) is 11.3 Å². The van der Waals surface area contributed by atoms with Crippen LogP contribution in [-0.2, 0) is 11.3 Å². The predicted octanol–water partition coefficient (Wildman–Crippen LogP) is 3.54. The van der Waals surface area contributed by atoms with E-state index in [4.69, 9.17) is 4.74 Å². The molecular formula is C15H19NOS. The summed E-state index contributed by atoms with van der Waals surface area (Å²) in [7, 11) is 1.73. The van der Waals surface area contributed by atoms with Gasteiger partial charge in [0.1, 0.15) is 0 Å². The van der Waals surface area contributed by atoms with E-state index < -0.39 is 0 Å². The summed E-state index contributed by atoms with van der Waals surface area (Å²) >= 11 is 1.80. The number of nitrogens with one attached hydrogen (secondary N) is 1. The van der Waals surface area contributed by atoms with Crippen LogP contribution in [0.2, 0.25) is 0 Å². The molecule has 1 heterocycles. The van der Waals surface area contributed by atoms with Gasteiger partial charge in [-0.3, -0.25) is 0 Å². The summed E-state index contributed by atoms with van der Waals surface area (Å²) in [5.41, 5.74) is 2.58. The standard InChI is InChI=1S/C15H19NOS/c1-12(10-17-2)16-9-15-8-14(11-18-15)13-6-4-3-5-7-13/h3-8,11-12,16H,9-10H2,1-2H3. The largest absolute Gasteiger partial charge is 0.383 e. The molecule has 96 valence electrons. The van der Waals surface area contributed by atoms with Crippen molar-refractivity contribution < 1.29 is 4.74 Å². The second kappa shape index (κ2) is 6.69. The molecule has 2 nitrogen and oxygen atoms in total. The Kier molecular flexibility index (Phi) is 4.93. The molecule has 0 aliphatic rings. The van der Waals surface area contributed by atoms with E-state index in [2.05, 4.69) is 48.0 Å². The lowest BCUT2D eigenvalue weighted by Crippen LogP contribution is -2.29. The molecule has 2 aromatic rings. The predicted molar refractivity (Wildman–Crippen MR) is 77.9 cm³/mol. The molecule has 0 saturated carbocycles. The smallest absolute Gasteiger partial charge is 0.0613 e. The molecule has 0 bridgehead atoms. The van der Waals surface area contributed by atoms with Gasteiger partial charge in [0.15, 0.2) is 0 Å². The van der Waals surface area contributed by atoms with E-state index in [1.54, 1.807) is 18.4 Å². The number of hydrogen-bond donors (Lipinski definition) is 1. The van der Waals surface area contributed by atoms with Crippen molar-refractivity contribution in [3.63, 3.8) is 0 Å². The molecule has 1 aromatic carbocycles. The number of methoxy groups -OCH3 is 1. The van der Waals surface area contributed by atoms with E-state index in [1.807, 2.05) is 6.07 Å². The number of benzene rings is 1. The van der Waals surface area contributed by atoms with Crippen LogP contribution in [0.3, 0.4) is 0 Å². The fourth-order valence-electron chi connectivity index (χ4n) is 1.84. The Morgan fingerprint density at radius 1 is 1.22 bits per heavy atom. The number of thiophene rings is 1. The first-order valence-electron chi connectivity index (χ1n) is 6.14. The van der Waals surface area contributed by atoms with E-state index in [1.165, 1.54) is 16.0 Å². The molecule has 3 heteroatoms. The molecule has 0 aliphatic carbocycles. The van der Waals surface area contributed by atoms with Gasteiger partial charge in [0.2, 0.25) is 0 Å². The molecule has 0 saturated heterocycles. The Morgan fingerprint density at radius 3 is 2.72 bits per heavy atom. The Balaban J connectivity index is 1.95. The molecule has 18 heavy (non-hydrogen) atoms. The first-order valence-corrected chi connectivity index (χ1v) is 7.02. The normalized spacial score (nSPS) is 12.6. The van der Waals surface area contributed by atoms with Crippen LogP contribution >= 0.6 is 11.3 Å². The van der Waals surface area contributed by atoms with Gasteiger partial charge in [-0.2, -0.15) is 0 Å². The van der Waals surface area contributed by atoms with Crippen LogP contribution in [0.1, 0.15) is 11.8 Å². The zero-order valence-electron chi connectivity index (χ0n) is 10.8. The van der Waals surface area contributed by atoms with Gasteiger partial charge >= 0.3 is 0 Å². The van der Waals surface area contributed by atoms with Crippen molar-refractivity contribution in [2.75, 3.05) is 13.7 Å². The van der Waals surface area contributed by atoms with E-state index in [0.717, 1.165) is 13.2 Å². The third kappa shape index (κ3) is 3.67. The van der Waals surface area contributed by atoms with E-state index in [-0.39, 0.29) is 0 Å². The van der Waals surface area contributed by atoms with Crippen LogP contribution in [-0.4, -0.2) is 19.8 Å². The molecule has 0 amide bonds. The second-order valence-corrected chi connectivity index (χ2v) is 5.40. The summed E-state index contributed by atoms with van der Waals surface area (Å²) in [6.07, 6.45) is 0. The number of ether oxygens (including phenoxy) is 1. The Bertz CT molecular complexity index is 466. The molecular weight excluding hydrogens is 242 g/mol.